The first-order chi connectivity index (χ1) is 7.27. The maximum Gasteiger partial charge on any atom is 0.240 e. The van der Waals surface area contributed by atoms with Crippen LogP contribution in [0.5, 0.6) is 0 Å². The number of nitrogens with zero attached hydrogens (tertiary/aromatic N) is 1. The minimum absolute atomic E-state index is 0.0858. The highest BCUT2D eigenvalue weighted by Crippen LogP contribution is 2.31. The van der Waals surface area contributed by atoms with Crippen LogP contribution in [0.15, 0.2) is 0 Å². The van der Waals surface area contributed by atoms with E-state index in [1.807, 2.05) is 13.8 Å². The third kappa shape index (κ3) is 3.46. The van der Waals surface area contributed by atoms with Crippen LogP contribution < -0.4 is 11.3 Å². The van der Waals surface area contributed by atoms with E-state index in [0.29, 0.717) is 5.41 Å². The molecule has 3 N–H and O–H groups in total. The third-order valence-electron chi connectivity index (χ3n) is 3.57. The van der Waals surface area contributed by atoms with E-state index in [0.717, 1.165) is 19.6 Å². The number of piperidine rings is 1. The van der Waals surface area contributed by atoms with Crippen molar-refractivity contribution in [3.63, 3.8) is 0 Å². The summed E-state index contributed by atoms with van der Waals surface area (Å²) in [4.78, 5) is 13.9. The van der Waals surface area contributed by atoms with Crippen molar-refractivity contribution < 1.29 is 4.79 Å². The van der Waals surface area contributed by atoms with Crippen LogP contribution in [0.1, 0.15) is 40.5 Å². The molecule has 1 aliphatic heterocycles. The van der Waals surface area contributed by atoms with Gasteiger partial charge in [0.1, 0.15) is 0 Å². The molecule has 1 heterocycles. The van der Waals surface area contributed by atoms with Crippen LogP contribution in [-0.2, 0) is 4.79 Å². The average molecular weight is 227 g/mol. The molecule has 4 heteroatoms. The van der Waals surface area contributed by atoms with Crippen LogP contribution in [0.3, 0.4) is 0 Å². The van der Waals surface area contributed by atoms with Gasteiger partial charge >= 0.3 is 0 Å². The number of hydrogen-bond acceptors (Lipinski definition) is 3. The van der Waals surface area contributed by atoms with Gasteiger partial charge in [0.2, 0.25) is 5.91 Å². The topological polar surface area (TPSA) is 58.4 Å². The van der Waals surface area contributed by atoms with Gasteiger partial charge in [0.25, 0.3) is 0 Å². The minimum atomic E-state index is -0.407. The van der Waals surface area contributed by atoms with Crippen molar-refractivity contribution in [2.75, 3.05) is 19.6 Å². The fourth-order valence-corrected chi connectivity index (χ4v) is 2.14. The molecule has 0 aromatic rings. The Morgan fingerprint density at radius 1 is 1.38 bits per heavy atom. The summed E-state index contributed by atoms with van der Waals surface area (Å²) in [5.74, 6) is 5.10. The number of likely N-dealkylation sites (tertiary alicyclic amines) is 1. The van der Waals surface area contributed by atoms with Gasteiger partial charge in [-0.05, 0) is 45.2 Å². The van der Waals surface area contributed by atoms with Crippen molar-refractivity contribution in [1.29, 1.82) is 0 Å². The van der Waals surface area contributed by atoms with E-state index in [2.05, 4.69) is 24.2 Å². The van der Waals surface area contributed by atoms with E-state index in [4.69, 9.17) is 5.84 Å². The summed E-state index contributed by atoms with van der Waals surface area (Å²) in [7, 11) is 0. The Balaban J connectivity index is 2.47. The maximum absolute atomic E-state index is 11.6. The van der Waals surface area contributed by atoms with Gasteiger partial charge in [-0.2, -0.15) is 0 Å². The largest absolute Gasteiger partial charge is 0.302 e. The van der Waals surface area contributed by atoms with Crippen molar-refractivity contribution in [3.05, 3.63) is 0 Å². The molecule has 0 aliphatic carbocycles. The summed E-state index contributed by atoms with van der Waals surface area (Å²) in [5, 5.41) is 0. The van der Waals surface area contributed by atoms with Gasteiger partial charge in [0, 0.05) is 6.54 Å². The van der Waals surface area contributed by atoms with Gasteiger partial charge in [0.05, 0.1) is 5.41 Å². The van der Waals surface area contributed by atoms with Crippen LogP contribution >= 0.6 is 0 Å². The third-order valence-corrected chi connectivity index (χ3v) is 3.57. The summed E-state index contributed by atoms with van der Waals surface area (Å²) in [5.41, 5.74) is 2.29. The molecule has 0 spiro atoms. The summed E-state index contributed by atoms with van der Waals surface area (Å²) in [6.07, 6.45) is 2.40. The van der Waals surface area contributed by atoms with Crippen molar-refractivity contribution in [3.8, 4) is 0 Å². The molecule has 1 aliphatic rings. The fraction of sp³-hybridized carbons (Fsp3) is 0.917. The maximum atomic E-state index is 11.6. The molecular weight excluding hydrogens is 202 g/mol. The first-order valence-corrected chi connectivity index (χ1v) is 6.00. The number of carbonyl (C=O) groups excluding carboxylic acids is 1. The molecular formula is C12H25N3O. The summed E-state index contributed by atoms with van der Waals surface area (Å²) >= 11 is 0. The first kappa shape index (κ1) is 13.5. The van der Waals surface area contributed by atoms with Crippen molar-refractivity contribution in [2.45, 2.75) is 40.5 Å². The average Bonchev–Trinajstić information content (AvgIpc) is 2.20. The quantitative estimate of drug-likeness (QED) is 0.431. The molecule has 0 saturated carbocycles. The molecule has 94 valence electrons. The number of hydrogen-bond donors (Lipinski definition) is 2. The van der Waals surface area contributed by atoms with Crippen molar-refractivity contribution >= 4 is 5.91 Å². The van der Waals surface area contributed by atoms with E-state index in [1.165, 1.54) is 12.8 Å². The van der Waals surface area contributed by atoms with Gasteiger partial charge in [-0.3, -0.25) is 10.2 Å². The highest BCUT2D eigenvalue weighted by Gasteiger charge is 2.32. The lowest BCUT2D eigenvalue weighted by Crippen LogP contribution is -2.49. The molecule has 0 bridgehead atoms. The Morgan fingerprint density at radius 2 is 1.88 bits per heavy atom. The summed E-state index contributed by atoms with van der Waals surface area (Å²) in [6, 6.07) is 0. The van der Waals surface area contributed by atoms with Gasteiger partial charge in [-0.25, -0.2) is 5.84 Å². The van der Waals surface area contributed by atoms with Crippen LogP contribution in [0.25, 0.3) is 0 Å². The lowest BCUT2D eigenvalue weighted by molar-refractivity contribution is -0.130. The van der Waals surface area contributed by atoms with Gasteiger partial charge < -0.3 is 4.90 Å². The van der Waals surface area contributed by atoms with E-state index in [1.54, 1.807) is 0 Å². The van der Waals surface area contributed by atoms with Crippen LogP contribution in [0, 0.1) is 10.8 Å². The van der Waals surface area contributed by atoms with E-state index >= 15 is 0 Å². The highest BCUT2D eigenvalue weighted by molar-refractivity contribution is 5.81. The zero-order valence-electron chi connectivity index (χ0n) is 11.0. The monoisotopic (exact) mass is 227 g/mol. The molecule has 1 fully saturated rings. The molecule has 1 saturated heterocycles. The summed E-state index contributed by atoms with van der Waals surface area (Å²) in [6.45, 7) is 11.4. The molecule has 16 heavy (non-hydrogen) atoms. The SMILES string of the molecule is CC1(C)CCN(CC(C)(C)C(=O)NN)CC1. The van der Waals surface area contributed by atoms with Gasteiger partial charge in [0.15, 0.2) is 0 Å². The van der Waals surface area contributed by atoms with Crippen LogP contribution in [0.4, 0.5) is 0 Å². The van der Waals surface area contributed by atoms with Gasteiger partial charge in [-0.15, -0.1) is 0 Å². The number of nitrogens with one attached hydrogen (secondary N) is 1. The molecule has 0 unspecified atom stereocenters. The molecule has 1 rings (SSSR count). The standard InChI is InChI=1S/C12H25N3O/c1-11(2)5-7-15(8-6-11)9-12(3,4)10(16)14-13/h5-9,13H2,1-4H3,(H,14,16). The molecule has 1 amide bonds. The number of nitrogens with two attached hydrogens (primary N) is 1. The van der Waals surface area contributed by atoms with Crippen molar-refractivity contribution in [1.82, 2.24) is 10.3 Å². The molecule has 0 atom stereocenters. The Hall–Kier alpha value is -0.610. The second-order valence-corrected chi connectivity index (χ2v) is 6.30. The molecule has 0 radical (unpaired) electrons. The Bertz CT molecular complexity index is 251. The Morgan fingerprint density at radius 3 is 2.31 bits per heavy atom. The van der Waals surface area contributed by atoms with Crippen LogP contribution in [-0.4, -0.2) is 30.4 Å². The van der Waals surface area contributed by atoms with Crippen LogP contribution in [0.2, 0.25) is 0 Å². The highest BCUT2D eigenvalue weighted by atomic mass is 16.2. The lowest BCUT2D eigenvalue weighted by Gasteiger charge is -2.39. The van der Waals surface area contributed by atoms with Gasteiger partial charge in [-0.1, -0.05) is 13.8 Å². The zero-order chi connectivity index (χ0) is 12.4. The Kier molecular flexibility index (Phi) is 3.97. The van der Waals surface area contributed by atoms with E-state index in [9.17, 15) is 4.79 Å². The smallest absolute Gasteiger partial charge is 0.240 e. The number of rotatable bonds is 3. The lowest BCUT2D eigenvalue weighted by atomic mass is 9.81. The molecule has 4 nitrogen and oxygen atoms in total. The number of hydrazine groups is 1. The first-order valence-electron chi connectivity index (χ1n) is 6.00. The number of carbonyl (C=O) groups is 1. The van der Waals surface area contributed by atoms with E-state index < -0.39 is 5.41 Å². The van der Waals surface area contributed by atoms with E-state index in [-0.39, 0.29) is 5.91 Å². The Labute approximate surface area is 98.5 Å². The normalized spacial score (nSPS) is 21.8. The molecule has 0 aromatic heterocycles. The minimum Gasteiger partial charge on any atom is -0.302 e. The van der Waals surface area contributed by atoms with Crippen molar-refractivity contribution in [2.24, 2.45) is 16.7 Å². The zero-order valence-corrected chi connectivity index (χ0v) is 11.0. The predicted octanol–water partition coefficient (Wildman–Crippen LogP) is 1.12. The number of amides is 1. The second kappa shape index (κ2) is 4.72. The molecule has 0 aromatic carbocycles. The fourth-order valence-electron chi connectivity index (χ4n) is 2.14. The predicted molar refractivity (Wildman–Crippen MR) is 65.6 cm³/mol. The summed E-state index contributed by atoms with van der Waals surface area (Å²) < 4.78 is 0. The second-order valence-electron chi connectivity index (χ2n) is 6.30.